The molecule has 2 heterocycles. The van der Waals surface area contributed by atoms with Crippen LogP contribution in [0.2, 0.25) is 0 Å². The molecule has 296 valence electrons. The maximum absolute atomic E-state index is 14.7. The van der Waals surface area contributed by atoms with Crippen LogP contribution in [0.3, 0.4) is 0 Å². The number of aliphatic hydroxyl groups excluding tert-OH is 5. The van der Waals surface area contributed by atoms with E-state index in [9.17, 15) is 45.0 Å². The highest BCUT2D eigenvalue weighted by Gasteiger charge is 2.64. The van der Waals surface area contributed by atoms with Gasteiger partial charge in [0.2, 0.25) is 0 Å². The molecule has 0 aromatic carbocycles. The molecule has 5 fully saturated rings. The van der Waals surface area contributed by atoms with Crippen molar-refractivity contribution < 1.29 is 59.2 Å². The van der Waals surface area contributed by atoms with Gasteiger partial charge in [-0.25, -0.2) is 0 Å². The molecular formula is C35H59N5O12. The van der Waals surface area contributed by atoms with Crippen molar-refractivity contribution in [3.63, 3.8) is 0 Å². The van der Waals surface area contributed by atoms with Gasteiger partial charge >= 0.3 is 0 Å². The number of aliphatic imine (C=N–C) groups is 1. The van der Waals surface area contributed by atoms with E-state index < -0.39 is 103 Å². The zero-order chi connectivity index (χ0) is 37.9. The monoisotopic (exact) mass is 741 g/mol. The molecule has 0 aromatic rings. The minimum Gasteiger partial charge on any atom is -0.396 e. The van der Waals surface area contributed by atoms with E-state index in [1.54, 1.807) is 0 Å². The molecule has 5 rings (SSSR count). The fourth-order valence-corrected chi connectivity index (χ4v) is 9.95. The minimum absolute atomic E-state index is 0.00145. The van der Waals surface area contributed by atoms with Gasteiger partial charge in [0.25, 0.3) is 0 Å². The van der Waals surface area contributed by atoms with E-state index in [2.05, 4.69) is 15.6 Å². The first-order valence-electron chi connectivity index (χ1n) is 18.6. The number of carbonyl (C=O) groups is 3. The Morgan fingerprint density at radius 3 is 2.42 bits per heavy atom. The standard InChI is InChI=1S/C35H59N5O12/c1-38-34(37)40-13-19-17(4-3-9-41)11-18-26(29(19)45)30(46)27-22(12-21(50-2)20(14-42)25(27)28(18)44)51-33-31(47)32(48)35(49,23(15-43)52-33)7-5-16-6-8-39-24(36)10-16/h9,16-27,29,31-33,39,42-43,45,47-49H,3-8,10-15,36H2,1-2H3,(H3,37,38,40). The molecule has 0 radical (unpaired) electrons. The third-order valence-corrected chi connectivity index (χ3v) is 12.8. The molecule has 0 bridgehead atoms. The smallest absolute Gasteiger partial charge is 0.188 e. The van der Waals surface area contributed by atoms with Crippen molar-refractivity contribution in [3.8, 4) is 0 Å². The second kappa shape index (κ2) is 17.5. The molecule has 12 N–H and O–H groups in total. The number of ketones is 2. The first-order valence-corrected chi connectivity index (χ1v) is 18.6. The van der Waals surface area contributed by atoms with E-state index in [4.69, 9.17) is 25.7 Å². The van der Waals surface area contributed by atoms with Gasteiger partial charge in [-0.15, -0.1) is 0 Å². The van der Waals surface area contributed by atoms with Gasteiger partial charge in [0.05, 0.1) is 42.9 Å². The molecule has 17 heteroatoms. The Hall–Kier alpha value is -2.16. The molecular weight excluding hydrogens is 682 g/mol. The minimum atomic E-state index is -2.03. The van der Waals surface area contributed by atoms with E-state index >= 15 is 0 Å². The van der Waals surface area contributed by atoms with Crippen LogP contribution in [-0.4, -0.2) is 150 Å². The first-order chi connectivity index (χ1) is 24.8. The summed E-state index contributed by atoms with van der Waals surface area (Å²) in [6, 6.07) is 0. The third-order valence-electron chi connectivity index (χ3n) is 12.8. The van der Waals surface area contributed by atoms with Gasteiger partial charge in [0.15, 0.2) is 12.2 Å². The zero-order valence-electron chi connectivity index (χ0n) is 30.0. The molecule has 17 atom stereocenters. The molecule has 3 saturated carbocycles. The van der Waals surface area contributed by atoms with Crippen LogP contribution in [0.5, 0.6) is 0 Å². The number of nitrogens with one attached hydrogen (secondary N) is 2. The number of carbonyl (C=O) groups excluding carboxylic acids is 3. The van der Waals surface area contributed by atoms with Crippen molar-refractivity contribution in [3.05, 3.63) is 0 Å². The van der Waals surface area contributed by atoms with Gasteiger partial charge in [-0.05, 0) is 56.9 Å². The number of hydrogen-bond donors (Lipinski definition) is 10. The summed E-state index contributed by atoms with van der Waals surface area (Å²) < 4.78 is 18.0. The number of nitrogens with two attached hydrogens (primary N) is 2. The largest absolute Gasteiger partial charge is 0.396 e. The van der Waals surface area contributed by atoms with Gasteiger partial charge in [0, 0.05) is 63.8 Å². The molecule has 2 saturated heterocycles. The lowest BCUT2D eigenvalue weighted by molar-refractivity contribution is -0.347. The van der Waals surface area contributed by atoms with Crippen LogP contribution in [0.4, 0.5) is 0 Å². The molecule has 0 aromatic heterocycles. The van der Waals surface area contributed by atoms with Gasteiger partial charge in [-0.3, -0.25) is 14.6 Å². The number of piperidine rings is 1. The Kier molecular flexibility index (Phi) is 13.8. The Labute approximate surface area is 303 Å². The second-order valence-corrected chi connectivity index (χ2v) is 15.5. The first kappa shape index (κ1) is 41.0. The summed E-state index contributed by atoms with van der Waals surface area (Å²) in [6.07, 6.45) is -6.45. The number of Topliss-reactive ketones (excluding diaryl/α,β-unsaturated/α-hetero) is 2. The quantitative estimate of drug-likeness (QED) is 0.0504. The van der Waals surface area contributed by atoms with Crippen molar-refractivity contribution in [1.29, 1.82) is 0 Å². The number of hydrogen-bond acceptors (Lipinski definition) is 15. The predicted octanol–water partition coefficient (Wildman–Crippen LogP) is -3.24. The van der Waals surface area contributed by atoms with Crippen LogP contribution in [0.25, 0.3) is 0 Å². The summed E-state index contributed by atoms with van der Waals surface area (Å²) in [6.45, 7) is -0.329. The Bertz CT molecular complexity index is 1270. The van der Waals surface area contributed by atoms with Crippen LogP contribution < -0.4 is 22.1 Å². The maximum Gasteiger partial charge on any atom is 0.188 e. The molecule has 17 nitrogen and oxygen atoms in total. The predicted molar refractivity (Wildman–Crippen MR) is 184 cm³/mol. The zero-order valence-corrected chi connectivity index (χ0v) is 30.0. The van der Waals surface area contributed by atoms with Crippen molar-refractivity contribution in [2.45, 2.75) is 106 Å². The van der Waals surface area contributed by atoms with Gasteiger partial charge < -0.3 is 71.7 Å². The van der Waals surface area contributed by atoms with Crippen LogP contribution >= 0.6 is 0 Å². The fraction of sp³-hybridized carbons (Fsp3) is 0.886. The molecule has 17 unspecified atom stereocenters. The maximum atomic E-state index is 14.7. The average molecular weight is 742 g/mol. The highest BCUT2D eigenvalue weighted by molar-refractivity contribution is 6.01. The number of guanidine groups is 1. The molecule has 0 amide bonds. The van der Waals surface area contributed by atoms with Crippen LogP contribution in [0.15, 0.2) is 4.99 Å². The highest BCUT2D eigenvalue weighted by atomic mass is 16.7. The SMILES string of the molecule is CN=C(N)NCC1C(CCC=O)CC2C(=O)C3C(CO)C(OC)CC(OC4OC(CO)C(O)(CCC5CCNC(N)C5)C(O)C4O)C3C(=O)C2C1O. The average Bonchev–Trinajstić information content (AvgIpc) is 3.14. The Balaban J connectivity index is 1.40. The summed E-state index contributed by atoms with van der Waals surface area (Å²) in [5, 5.41) is 73.1. The Morgan fingerprint density at radius 1 is 1.04 bits per heavy atom. The van der Waals surface area contributed by atoms with Crippen molar-refractivity contribution in [2.24, 2.45) is 63.8 Å². The lowest BCUT2D eigenvalue weighted by Gasteiger charge is -2.55. The summed E-state index contributed by atoms with van der Waals surface area (Å²) in [7, 11) is 2.91. The lowest BCUT2D eigenvalue weighted by atomic mass is 9.51. The summed E-state index contributed by atoms with van der Waals surface area (Å²) in [5.41, 5.74) is 9.87. The number of nitrogens with zero attached hydrogens (tertiary/aromatic N) is 1. The highest BCUT2D eigenvalue weighted by Crippen LogP contribution is 2.53. The summed E-state index contributed by atoms with van der Waals surface area (Å²) in [5.74, 6) is -6.40. The number of aliphatic hydroxyl groups is 6. The Morgan fingerprint density at radius 2 is 1.79 bits per heavy atom. The topological polar surface area (TPSA) is 289 Å². The third kappa shape index (κ3) is 7.96. The van der Waals surface area contributed by atoms with E-state index in [1.165, 1.54) is 14.2 Å². The number of fused-ring (bicyclic) bond motifs is 2. The molecule has 2 aliphatic heterocycles. The number of rotatable bonds is 13. The van der Waals surface area contributed by atoms with Crippen LogP contribution in [0.1, 0.15) is 51.4 Å². The number of methoxy groups -OCH3 is 1. The van der Waals surface area contributed by atoms with Gasteiger partial charge in [0.1, 0.15) is 41.8 Å². The molecule has 3 aliphatic carbocycles. The van der Waals surface area contributed by atoms with E-state index in [-0.39, 0.29) is 62.0 Å². The van der Waals surface area contributed by atoms with Gasteiger partial charge in [-0.1, -0.05) is 0 Å². The fourth-order valence-electron chi connectivity index (χ4n) is 9.95. The summed E-state index contributed by atoms with van der Waals surface area (Å²) >= 11 is 0. The van der Waals surface area contributed by atoms with E-state index in [0.717, 1.165) is 12.7 Å². The van der Waals surface area contributed by atoms with Crippen LogP contribution in [-0.2, 0) is 28.6 Å². The van der Waals surface area contributed by atoms with Crippen LogP contribution in [0, 0.1) is 47.3 Å². The summed E-state index contributed by atoms with van der Waals surface area (Å²) in [4.78, 5) is 44.4. The second-order valence-electron chi connectivity index (χ2n) is 15.5. The van der Waals surface area contributed by atoms with Crippen molar-refractivity contribution >= 4 is 23.8 Å². The van der Waals surface area contributed by atoms with Gasteiger partial charge in [-0.2, -0.15) is 0 Å². The van der Waals surface area contributed by atoms with E-state index in [0.29, 0.717) is 25.8 Å². The van der Waals surface area contributed by atoms with Crippen molar-refractivity contribution in [1.82, 2.24) is 10.6 Å². The lowest BCUT2D eigenvalue weighted by Crippen LogP contribution is -2.69. The van der Waals surface area contributed by atoms with E-state index in [1.807, 2.05) is 0 Å². The molecule has 0 spiro atoms. The number of ether oxygens (including phenoxy) is 3. The van der Waals surface area contributed by atoms with Crippen molar-refractivity contribution in [2.75, 3.05) is 40.5 Å². The number of aldehydes is 1. The normalized spacial score (nSPS) is 45.6. The molecule has 5 aliphatic rings. The molecule has 52 heavy (non-hydrogen) atoms.